The molecule has 22 heavy (non-hydrogen) atoms. The van der Waals surface area contributed by atoms with E-state index in [1.807, 2.05) is 0 Å². The van der Waals surface area contributed by atoms with Crippen LogP contribution in [0.15, 0.2) is 36.4 Å². The predicted molar refractivity (Wildman–Crippen MR) is 76.0 cm³/mol. The van der Waals surface area contributed by atoms with Gasteiger partial charge in [-0.05, 0) is 30.3 Å². The smallest absolute Gasteiger partial charge is 0.259 e. The second kappa shape index (κ2) is 4.88. The van der Waals surface area contributed by atoms with Gasteiger partial charge < -0.3 is 15.5 Å². The number of anilines is 1. The van der Waals surface area contributed by atoms with Crippen molar-refractivity contribution in [1.29, 1.82) is 0 Å². The molecule has 0 bridgehead atoms. The molecule has 0 spiro atoms. The Balaban J connectivity index is 1.87. The maximum absolute atomic E-state index is 12.1. The topological polar surface area (TPSA) is 116 Å². The van der Waals surface area contributed by atoms with Gasteiger partial charge in [0.15, 0.2) is 0 Å². The van der Waals surface area contributed by atoms with Gasteiger partial charge in [0.1, 0.15) is 11.5 Å². The van der Waals surface area contributed by atoms with Crippen LogP contribution < -0.4 is 10.6 Å². The lowest BCUT2D eigenvalue weighted by Crippen LogP contribution is -2.19. The third-order valence-electron chi connectivity index (χ3n) is 3.16. The fourth-order valence-electron chi connectivity index (χ4n) is 2.18. The highest BCUT2D eigenvalue weighted by Gasteiger charge is 2.26. The minimum atomic E-state index is -0.573. The maximum atomic E-state index is 12.1. The van der Waals surface area contributed by atoms with Gasteiger partial charge in [0.2, 0.25) is 0 Å². The van der Waals surface area contributed by atoms with Gasteiger partial charge >= 0.3 is 0 Å². The molecule has 0 aromatic heterocycles. The minimum Gasteiger partial charge on any atom is -0.508 e. The first kappa shape index (κ1) is 13.6. The van der Waals surface area contributed by atoms with Crippen molar-refractivity contribution >= 4 is 23.4 Å². The Labute approximate surface area is 124 Å². The number of benzene rings is 2. The lowest BCUT2D eigenvalue weighted by atomic mass is 10.1. The van der Waals surface area contributed by atoms with Crippen LogP contribution in [0.3, 0.4) is 0 Å². The Morgan fingerprint density at radius 2 is 1.55 bits per heavy atom. The van der Waals surface area contributed by atoms with Crippen molar-refractivity contribution in [2.75, 3.05) is 5.32 Å². The van der Waals surface area contributed by atoms with E-state index in [4.69, 9.17) is 0 Å². The van der Waals surface area contributed by atoms with Gasteiger partial charge in [0.25, 0.3) is 17.7 Å². The van der Waals surface area contributed by atoms with Crippen molar-refractivity contribution < 1.29 is 24.6 Å². The van der Waals surface area contributed by atoms with E-state index in [0.29, 0.717) is 5.69 Å². The average molecular weight is 298 g/mol. The molecule has 0 atom stereocenters. The Hall–Kier alpha value is -3.35. The molecule has 7 heteroatoms. The molecule has 1 heterocycles. The highest BCUT2D eigenvalue weighted by Crippen LogP contribution is 2.23. The molecule has 0 saturated heterocycles. The second-order valence-corrected chi connectivity index (χ2v) is 4.74. The average Bonchev–Trinajstić information content (AvgIpc) is 2.72. The van der Waals surface area contributed by atoms with Gasteiger partial charge in [-0.25, -0.2) is 0 Å². The van der Waals surface area contributed by atoms with Gasteiger partial charge in [0.05, 0.1) is 11.1 Å². The zero-order valence-corrected chi connectivity index (χ0v) is 11.1. The number of hydrogen-bond donors (Lipinski definition) is 4. The number of aromatic hydroxyl groups is 2. The molecule has 4 N–H and O–H groups in total. The number of hydrogen-bond acceptors (Lipinski definition) is 5. The number of nitrogens with one attached hydrogen (secondary N) is 2. The van der Waals surface area contributed by atoms with E-state index in [9.17, 15) is 24.6 Å². The third-order valence-corrected chi connectivity index (χ3v) is 3.16. The summed E-state index contributed by atoms with van der Waals surface area (Å²) in [5.74, 6) is -2.06. The molecule has 2 aromatic rings. The maximum Gasteiger partial charge on any atom is 0.259 e. The largest absolute Gasteiger partial charge is 0.508 e. The highest BCUT2D eigenvalue weighted by atomic mass is 16.3. The first-order valence-corrected chi connectivity index (χ1v) is 6.28. The predicted octanol–water partition coefficient (Wildman–Crippen LogP) is 1.23. The summed E-state index contributed by atoms with van der Waals surface area (Å²) in [6, 6.07) is 7.79. The SMILES string of the molecule is O=C(Nc1ccc2c(c1)C(=O)NC2=O)c1cc(O)cc(O)c1. The van der Waals surface area contributed by atoms with Crippen LogP contribution in [0.25, 0.3) is 0 Å². The summed E-state index contributed by atoms with van der Waals surface area (Å²) >= 11 is 0. The van der Waals surface area contributed by atoms with Crippen molar-refractivity contribution in [2.45, 2.75) is 0 Å². The van der Waals surface area contributed by atoms with E-state index in [1.165, 1.54) is 30.3 Å². The van der Waals surface area contributed by atoms with Crippen LogP contribution >= 0.6 is 0 Å². The number of rotatable bonds is 2. The zero-order chi connectivity index (χ0) is 15.9. The lowest BCUT2D eigenvalue weighted by Gasteiger charge is -2.07. The van der Waals surface area contributed by atoms with E-state index < -0.39 is 17.7 Å². The van der Waals surface area contributed by atoms with Gasteiger partial charge in [0, 0.05) is 17.3 Å². The Morgan fingerprint density at radius 1 is 0.909 bits per heavy atom. The molecule has 1 aliphatic rings. The standard InChI is InChI=1S/C15H10N2O5/c18-9-3-7(4-10(19)6-9)13(20)16-8-1-2-11-12(5-8)15(22)17-14(11)21/h1-6,18-19H,(H,16,20)(H,17,21,22). The number of carbonyl (C=O) groups excluding carboxylic acids is 3. The molecular formula is C15H10N2O5. The van der Waals surface area contributed by atoms with Crippen molar-refractivity contribution in [3.8, 4) is 11.5 Å². The summed E-state index contributed by atoms with van der Waals surface area (Å²) in [5, 5.41) is 23.4. The molecule has 0 saturated carbocycles. The molecule has 3 rings (SSSR count). The van der Waals surface area contributed by atoms with Crippen molar-refractivity contribution in [3.63, 3.8) is 0 Å². The number of fused-ring (bicyclic) bond motifs is 1. The summed E-state index contributed by atoms with van der Waals surface area (Å²) in [7, 11) is 0. The molecule has 7 nitrogen and oxygen atoms in total. The monoisotopic (exact) mass is 298 g/mol. The Kier molecular flexibility index (Phi) is 3.03. The highest BCUT2D eigenvalue weighted by molar-refractivity contribution is 6.22. The van der Waals surface area contributed by atoms with Crippen LogP contribution in [-0.4, -0.2) is 27.9 Å². The van der Waals surface area contributed by atoms with Gasteiger partial charge in [-0.2, -0.15) is 0 Å². The van der Waals surface area contributed by atoms with Crippen LogP contribution in [0.5, 0.6) is 11.5 Å². The molecule has 2 aromatic carbocycles. The van der Waals surface area contributed by atoms with Crippen molar-refractivity contribution in [2.24, 2.45) is 0 Å². The molecule has 0 radical (unpaired) electrons. The number of imide groups is 1. The van der Waals surface area contributed by atoms with Gasteiger partial charge in [-0.1, -0.05) is 0 Å². The van der Waals surface area contributed by atoms with E-state index in [0.717, 1.165) is 6.07 Å². The summed E-state index contributed by atoms with van der Waals surface area (Å²) in [4.78, 5) is 35.1. The molecule has 0 fully saturated rings. The fourth-order valence-corrected chi connectivity index (χ4v) is 2.18. The van der Waals surface area contributed by atoms with Crippen molar-refractivity contribution in [1.82, 2.24) is 5.32 Å². The first-order valence-electron chi connectivity index (χ1n) is 6.28. The third kappa shape index (κ3) is 2.35. The Morgan fingerprint density at radius 3 is 2.23 bits per heavy atom. The quantitative estimate of drug-likeness (QED) is 0.622. The molecule has 110 valence electrons. The fraction of sp³-hybridized carbons (Fsp3) is 0. The number of carbonyl (C=O) groups is 3. The molecule has 0 aliphatic carbocycles. The van der Waals surface area contributed by atoms with Crippen LogP contribution in [0.2, 0.25) is 0 Å². The Bertz CT molecular complexity index is 808. The summed E-state index contributed by atoms with van der Waals surface area (Å²) < 4.78 is 0. The van der Waals surface area contributed by atoms with Crippen LogP contribution in [-0.2, 0) is 0 Å². The number of amides is 3. The van der Waals surface area contributed by atoms with Crippen molar-refractivity contribution in [3.05, 3.63) is 53.1 Å². The molecular weight excluding hydrogens is 288 g/mol. The number of phenolic OH excluding ortho intramolecular Hbond substituents is 2. The summed E-state index contributed by atoms with van der Waals surface area (Å²) in [5.41, 5.74) is 0.800. The zero-order valence-electron chi connectivity index (χ0n) is 11.1. The molecule has 3 amide bonds. The van der Waals surface area contributed by atoms with E-state index >= 15 is 0 Å². The lowest BCUT2D eigenvalue weighted by molar-refractivity contribution is 0.0878. The van der Waals surface area contributed by atoms with E-state index in [-0.39, 0.29) is 28.2 Å². The summed E-state index contributed by atoms with van der Waals surface area (Å²) in [6.45, 7) is 0. The van der Waals surface area contributed by atoms with Crippen LogP contribution in [0.1, 0.15) is 31.1 Å². The van der Waals surface area contributed by atoms with Gasteiger partial charge in [-0.3, -0.25) is 19.7 Å². The number of phenols is 2. The molecule has 0 unspecified atom stereocenters. The first-order chi connectivity index (χ1) is 10.4. The minimum absolute atomic E-state index is 0.0542. The van der Waals surface area contributed by atoms with Gasteiger partial charge in [-0.15, -0.1) is 0 Å². The van der Waals surface area contributed by atoms with Crippen LogP contribution in [0.4, 0.5) is 5.69 Å². The normalized spacial score (nSPS) is 12.7. The van der Waals surface area contributed by atoms with Crippen LogP contribution in [0, 0.1) is 0 Å². The summed E-state index contributed by atoms with van der Waals surface area (Å²) in [6.07, 6.45) is 0. The second-order valence-electron chi connectivity index (χ2n) is 4.74. The van der Waals surface area contributed by atoms with E-state index in [2.05, 4.69) is 10.6 Å². The van der Waals surface area contributed by atoms with E-state index in [1.54, 1.807) is 0 Å². The molecule has 1 aliphatic heterocycles.